The maximum Gasteiger partial charge on any atom is 0.311 e. The molecule has 2 saturated carbocycles. The van der Waals surface area contributed by atoms with Crippen molar-refractivity contribution in [1.29, 1.82) is 0 Å². The number of hydrogen-bond acceptors (Lipinski definition) is 7. The summed E-state index contributed by atoms with van der Waals surface area (Å²) >= 11 is 0.885. The van der Waals surface area contributed by atoms with Crippen LogP contribution in [0.1, 0.15) is 101 Å². The van der Waals surface area contributed by atoms with Gasteiger partial charge in [-0.3, -0.25) is 24.5 Å². The van der Waals surface area contributed by atoms with Gasteiger partial charge in [0, 0.05) is 12.8 Å². The summed E-state index contributed by atoms with van der Waals surface area (Å²) in [5, 5.41) is 10.3. The number of amides is 2. The Morgan fingerprint density at radius 2 is 1.54 bits per heavy atom. The number of aryl methyl sites for hydroxylation is 1. The predicted octanol–water partition coefficient (Wildman–Crippen LogP) is 6.83. The number of carbonyl (C=O) groups excluding carboxylic acids is 4. The second kappa shape index (κ2) is 17.6. The predicted molar refractivity (Wildman–Crippen MR) is 152 cm³/mol. The lowest BCUT2D eigenvalue weighted by Crippen LogP contribution is -2.17. The van der Waals surface area contributed by atoms with E-state index in [1.807, 2.05) is 19.8 Å². The zero-order chi connectivity index (χ0) is 28.6. The molecule has 0 radical (unpaired) electrons. The van der Waals surface area contributed by atoms with Crippen LogP contribution in [0.5, 0.6) is 5.75 Å². The molecule has 1 aromatic carbocycles. The third-order valence-electron chi connectivity index (χ3n) is 7.34. The summed E-state index contributed by atoms with van der Waals surface area (Å²) in [5.41, 5.74) is 1.61. The highest BCUT2D eigenvalue weighted by atomic mass is 32.2. The molecule has 1 aliphatic heterocycles. The van der Waals surface area contributed by atoms with Crippen LogP contribution in [0.4, 0.5) is 4.79 Å². The van der Waals surface area contributed by atoms with Crippen LogP contribution < -0.4 is 10.1 Å². The number of aliphatic carboxylic acids is 1. The molecule has 39 heavy (non-hydrogen) atoms. The molecule has 2 aliphatic carbocycles. The molecule has 1 saturated heterocycles. The molecule has 8 nitrogen and oxygen atoms in total. The van der Waals surface area contributed by atoms with Crippen LogP contribution >= 0.6 is 11.8 Å². The number of carboxylic acids is 1. The topological polar surface area (TPSA) is 127 Å². The Morgan fingerprint density at radius 3 is 2.03 bits per heavy atom. The smallest absolute Gasteiger partial charge is 0.311 e. The first-order valence-electron chi connectivity index (χ1n) is 13.9. The fourth-order valence-corrected chi connectivity index (χ4v) is 5.91. The summed E-state index contributed by atoms with van der Waals surface area (Å²) in [6.07, 6.45) is 17.1. The second-order valence-electron chi connectivity index (χ2n) is 10.3. The fraction of sp³-hybridized carbons (Fsp3) is 0.567. The van der Waals surface area contributed by atoms with E-state index in [4.69, 9.17) is 14.6 Å². The summed E-state index contributed by atoms with van der Waals surface area (Å²) in [6.45, 7) is 3.86. The number of rotatable bonds is 8. The van der Waals surface area contributed by atoms with Gasteiger partial charge in [0.1, 0.15) is 12.5 Å². The molecule has 1 heterocycles. The minimum Gasteiger partial charge on any atom is -0.481 e. The molecule has 1 aromatic rings. The van der Waals surface area contributed by atoms with E-state index in [1.54, 1.807) is 18.2 Å². The zero-order valence-electron chi connectivity index (χ0n) is 22.9. The van der Waals surface area contributed by atoms with E-state index in [-0.39, 0.29) is 17.1 Å². The Labute approximate surface area is 235 Å². The summed E-state index contributed by atoms with van der Waals surface area (Å²) in [4.78, 5) is 53.5. The van der Waals surface area contributed by atoms with Gasteiger partial charge in [-0.05, 0) is 72.7 Å². The number of imide groups is 1. The van der Waals surface area contributed by atoms with Crippen LogP contribution in [0, 0.1) is 18.8 Å². The number of nitrogens with one attached hydrogen (secondary N) is 1. The molecular formula is C30H41NO7S. The average molecular weight is 560 g/mol. The van der Waals surface area contributed by atoms with Crippen molar-refractivity contribution in [3.8, 4) is 5.75 Å². The molecule has 4 rings (SSSR count). The molecule has 3 fully saturated rings. The SMILES string of the molecule is C=O.Cc1cc(/C=C2\SC(=O)NC2=O)ccc1OC(=O)CCC1CCCCC1.O=C(O)CCC1CCCCC1. The third kappa shape index (κ3) is 12.2. The van der Waals surface area contributed by atoms with Gasteiger partial charge in [-0.15, -0.1) is 0 Å². The highest BCUT2D eigenvalue weighted by molar-refractivity contribution is 8.18. The minimum atomic E-state index is -0.643. The van der Waals surface area contributed by atoms with Gasteiger partial charge in [0.25, 0.3) is 11.1 Å². The molecule has 0 atom stereocenters. The maximum absolute atomic E-state index is 12.1. The molecule has 2 N–H and O–H groups in total. The first-order valence-corrected chi connectivity index (χ1v) is 14.7. The average Bonchev–Trinajstić information content (AvgIpc) is 3.26. The third-order valence-corrected chi connectivity index (χ3v) is 8.15. The molecule has 0 bridgehead atoms. The Morgan fingerprint density at radius 1 is 0.974 bits per heavy atom. The fourth-order valence-electron chi connectivity index (χ4n) is 5.22. The first-order chi connectivity index (χ1) is 18.8. The van der Waals surface area contributed by atoms with Gasteiger partial charge in [0.2, 0.25) is 0 Å². The van der Waals surface area contributed by atoms with Gasteiger partial charge in [-0.2, -0.15) is 0 Å². The van der Waals surface area contributed by atoms with Crippen LogP contribution in [0.3, 0.4) is 0 Å². The zero-order valence-corrected chi connectivity index (χ0v) is 23.7. The molecular weight excluding hydrogens is 518 g/mol. The van der Waals surface area contributed by atoms with Crippen LogP contribution in [-0.4, -0.2) is 35.0 Å². The lowest BCUT2D eigenvalue weighted by Gasteiger charge is -2.20. The van der Waals surface area contributed by atoms with Crippen molar-refractivity contribution < 1.29 is 33.8 Å². The second-order valence-corrected chi connectivity index (χ2v) is 11.3. The van der Waals surface area contributed by atoms with E-state index in [0.717, 1.165) is 35.7 Å². The van der Waals surface area contributed by atoms with Crippen molar-refractivity contribution in [3.05, 3.63) is 34.2 Å². The quantitative estimate of drug-likeness (QED) is 0.202. The minimum absolute atomic E-state index is 0.193. The van der Waals surface area contributed by atoms with Crippen molar-refractivity contribution in [2.45, 2.75) is 96.8 Å². The van der Waals surface area contributed by atoms with E-state index in [0.29, 0.717) is 35.3 Å². The normalized spacial score (nSPS) is 18.8. The number of carbonyl (C=O) groups is 5. The lowest BCUT2D eigenvalue weighted by atomic mass is 9.86. The maximum atomic E-state index is 12.1. The Hall–Kier alpha value is -2.94. The monoisotopic (exact) mass is 559 g/mol. The first kappa shape index (κ1) is 32.3. The van der Waals surface area contributed by atoms with Crippen molar-refractivity contribution in [1.82, 2.24) is 5.32 Å². The highest BCUT2D eigenvalue weighted by Gasteiger charge is 2.25. The van der Waals surface area contributed by atoms with Crippen molar-refractivity contribution >= 4 is 47.7 Å². The lowest BCUT2D eigenvalue weighted by molar-refractivity contribution is -0.137. The van der Waals surface area contributed by atoms with Gasteiger partial charge < -0.3 is 14.6 Å². The van der Waals surface area contributed by atoms with Gasteiger partial charge >= 0.3 is 11.9 Å². The Kier molecular flexibility index (Phi) is 14.6. The van der Waals surface area contributed by atoms with Gasteiger partial charge in [0.15, 0.2) is 0 Å². The number of esters is 1. The number of benzene rings is 1. The highest BCUT2D eigenvalue weighted by Crippen LogP contribution is 2.30. The number of ether oxygens (including phenoxy) is 1. The van der Waals surface area contributed by atoms with E-state index in [1.165, 1.54) is 64.2 Å². The van der Waals surface area contributed by atoms with E-state index in [2.05, 4.69) is 5.32 Å². The van der Waals surface area contributed by atoms with E-state index in [9.17, 15) is 19.2 Å². The Balaban J connectivity index is 0.000000343. The van der Waals surface area contributed by atoms with E-state index < -0.39 is 5.97 Å². The molecule has 2 amide bonds. The van der Waals surface area contributed by atoms with Crippen LogP contribution in [-0.2, 0) is 19.2 Å². The molecule has 3 aliphatic rings. The largest absolute Gasteiger partial charge is 0.481 e. The molecule has 0 unspecified atom stereocenters. The van der Waals surface area contributed by atoms with Crippen molar-refractivity contribution in [2.24, 2.45) is 11.8 Å². The van der Waals surface area contributed by atoms with Crippen molar-refractivity contribution in [2.75, 3.05) is 0 Å². The van der Waals surface area contributed by atoms with E-state index >= 15 is 0 Å². The standard InChI is InChI=1S/C20H23NO4S.C9H16O2.CH2O/c1-13-11-15(12-17-19(23)21-20(24)26-17)7-9-16(13)25-18(22)10-8-14-5-3-2-4-6-14;10-9(11)7-6-8-4-2-1-3-5-8;1-2/h7,9,11-12,14H,2-6,8,10H2,1H3,(H,21,23,24);8H,1-7H2,(H,10,11);1H2/b17-12-;;. The van der Waals surface area contributed by atoms with Gasteiger partial charge in [-0.25, -0.2) is 0 Å². The van der Waals surface area contributed by atoms with Gasteiger partial charge in [-0.1, -0.05) is 70.3 Å². The van der Waals surface area contributed by atoms with Gasteiger partial charge in [0.05, 0.1) is 4.91 Å². The number of hydrogen-bond donors (Lipinski definition) is 2. The molecule has 214 valence electrons. The molecule has 0 aromatic heterocycles. The summed E-state index contributed by atoms with van der Waals surface area (Å²) in [6, 6.07) is 5.35. The number of thioether (sulfide) groups is 1. The number of carboxylic acid groups (broad SMARTS) is 1. The van der Waals surface area contributed by atoms with Crippen molar-refractivity contribution in [3.63, 3.8) is 0 Å². The van der Waals surface area contributed by atoms with Crippen LogP contribution in [0.2, 0.25) is 0 Å². The van der Waals surface area contributed by atoms with Crippen LogP contribution in [0.25, 0.3) is 6.08 Å². The molecule has 0 spiro atoms. The summed E-state index contributed by atoms with van der Waals surface area (Å²) in [5.74, 6) is 0.692. The Bertz CT molecular complexity index is 1010. The van der Waals surface area contributed by atoms with Crippen LogP contribution in [0.15, 0.2) is 23.1 Å². The summed E-state index contributed by atoms with van der Waals surface area (Å²) < 4.78 is 5.50. The molecule has 9 heteroatoms. The summed E-state index contributed by atoms with van der Waals surface area (Å²) in [7, 11) is 0.